The Hall–Kier alpha value is -3.59. The molecule has 2 aromatic carbocycles. The molecule has 8 heteroatoms. The monoisotopic (exact) mass is 569 g/mol. The van der Waals surface area contributed by atoms with Gasteiger partial charge in [-0.3, -0.25) is 24.2 Å². The number of aliphatic hydroxyl groups is 2. The summed E-state index contributed by atoms with van der Waals surface area (Å²) in [6, 6.07) is 11.8. The molecule has 0 saturated carbocycles. The second-order valence-corrected chi connectivity index (χ2v) is 12.7. The van der Waals surface area contributed by atoms with Gasteiger partial charge in [0.2, 0.25) is 0 Å². The average Bonchev–Trinajstić information content (AvgIpc) is 3.44. The molecule has 0 spiro atoms. The Morgan fingerprint density at radius 2 is 1.74 bits per heavy atom. The molecule has 2 aromatic rings. The number of hydrogen-bond donors (Lipinski definition) is 3. The molecular weight excluding hydrogens is 530 g/mol. The highest BCUT2D eigenvalue weighted by Crippen LogP contribution is 2.53. The quantitative estimate of drug-likeness (QED) is 0.471. The highest BCUT2D eigenvalue weighted by molar-refractivity contribution is 6.22. The van der Waals surface area contributed by atoms with E-state index >= 15 is 0 Å². The summed E-state index contributed by atoms with van der Waals surface area (Å²) in [6.07, 6.45) is 3.36. The second kappa shape index (κ2) is 10.3. The fourth-order valence-electron chi connectivity index (χ4n) is 8.04. The summed E-state index contributed by atoms with van der Waals surface area (Å²) in [4.78, 5) is 44.1. The number of likely N-dealkylation sites (N-methyl/N-ethyl adjacent to an activating group) is 1. The van der Waals surface area contributed by atoms with Gasteiger partial charge in [0, 0.05) is 23.6 Å². The van der Waals surface area contributed by atoms with E-state index in [-0.39, 0.29) is 17.3 Å². The molecule has 6 rings (SSSR count). The number of hydrogen-bond acceptors (Lipinski definition) is 7. The standard InChI is InChI=1S/C34H39N3O5/c1-18-7-12-23(21-10-8-20(9-11-21)17-37-13-5-6-14-37)24-15-22-16-25-29(36(3)4)31(39)28(33(35)41)32(40)34(25,42)19(2)27(22)30(38)26(18)24/h7-12,22,25,29,40,42H,5-6,13-17H2,1-4H3,(H2,35,41)/t22-,25-,29?,34+/m0/s1. The number of ketones is 2. The largest absolute Gasteiger partial charge is 0.508 e. The van der Waals surface area contributed by atoms with Crippen LogP contribution in [-0.4, -0.2) is 76.3 Å². The van der Waals surface area contributed by atoms with E-state index in [2.05, 4.69) is 35.2 Å². The average molecular weight is 570 g/mol. The first-order valence-electron chi connectivity index (χ1n) is 14.8. The number of fused-ring (bicyclic) bond motifs is 3. The van der Waals surface area contributed by atoms with E-state index in [4.69, 9.17) is 5.73 Å². The van der Waals surface area contributed by atoms with Gasteiger partial charge in [-0.15, -0.1) is 0 Å². The summed E-state index contributed by atoms with van der Waals surface area (Å²) in [5.41, 5.74) is 9.36. The number of amides is 1. The minimum Gasteiger partial charge on any atom is -0.508 e. The van der Waals surface area contributed by atoms with Crippen molar-refractivity contribution in [3.63, 3.8) is 0 Å². The number of aliphatic hydroxyl groups excluding tert-OH is 1. The minimum absolute atomic E-state index is 0.178. The van der Waals surface area contributed by atoms with Crippen LogP contribution < -0.4 is 5.73 Å². The number of nitrogens with zero attached hydrogens (tertiary/aromatic N) is 2. The van der Waals surface area contributed by atoms with Gasteiger partial charge < -0.3 is 15.9 Å². The summed E-state index contributed by atoms with van der Waals surface area (Å²) >= 11 is 0. The van der Waals surface area contributed by atoms with Crippen LogP contribution in [0.5, 0.6) is 0 Å². The summed E-state index contributed by atoms with van der Waals surface area (Å²) in [5.74, 6) is -3.65. The minimum atomic E-state index is -2.05. The number of benzene rings is 2. The van der Waals surface area contributed by atoms with Crippen LogP contribution in [0.25, 0.3) is 11.1 Å². The number of aryl methyl sites for hydroxylation is 1. The second-order valence-electron chi connectivity index (χ2n) is 12.7. The van der Waals surface area contributed by atoms with Gasteiger partial charge in [-0.2, -0.15) is 0 Å². The van der Waals surface area contributed by atoms with Crippen molar-refractivity contribution in [1.82, 2.24) is 9.80 Å². The Bertz CT molecular complexity index is 1560. The maximum atomic E-state index is 14.3. The van der Waals surface area contributed by atoms with Crippen molar-refractivity contribution in [1.29, 1.82) is 0 Å². The molecule has 1 saturated heterocycles. The van der Waals surface area contributed by atoms with E-state index in [0.717, 1.165) is 41.9 Å². The van der Waals surface area contributed by atoms with Crippen molar-refractivity contribution < 1.29 is 24.6 Å². The zero-order chi connectivity index (χ0) is 30.1. The van der Waals surface area contributed by atoms with Crippen molar-refractivity contribution in [2.24, 2.45) is 17.6 Å². The Morgan fingerprint density at radius 1 is 1.07 bits per heavy atom. The molecule has 3 aliphatic carbocycles. The molecule has 0 aromatic heterocycles. The number of allylic oxidation sites excluding steroid dienone is 1. The number of likely N-dealkylation sites (tertiary alicyclic amines) is 1. The van der Waals surface area contributed by atoms with E-state index in [1.807, 2.05) is 13.0 Å². The van der Waals surface area contributed by atoms with E-state index < -0.39 is 40.6 Å². The van der Waals surface area contributed by atoms with Crippen molar-refractivity contribution in [3.8, 4) is 11.1 Å². The zero-order valence-electron chi connectivity index (χ0n) is 24.7. The maximum absolute atomic E-state index is 14.3. The molecule has 0 bridgehead atoms. The predicted octanol–water partition coefficient (Wildman–Crippen LogP) is 3.49. The lowest BCUT2D eigenvalue weighted by molar-refractivity contribution is -0.133. The summed E-state index contributed by atoms with van der Waals surface area (Å²) in [7, 11) is 3.41. The van der Waals surface area contributed by atoms with Crippen molar-refractivity contribution in [2.75, 3.05) is 27.2 Å². The third-order valence-electron chi connectivity index (χ3n) is 10.1. The van der Waals surface area contributed by atoms with Crippen molar-refractivity contribution in [2.45, 2.75) is 57.7 Å². The molecule has 1 amide bonds. The van der Waals surface area contributed by atoms with E-state index in [0.29, 0.717) is 24.0 Å². The number of carbonyl (C=O) groups excluding carboxylic acids is 3. The van der Waals surface area contributed by atoms with Crippen molar-refractivity contribution >= 4 is 17.5 Å². The molecule has 4 N–H and O–H groups in total. The van der Waals surface area contributed by atoms with Crippen LogP contribution in [0.1, 0.15) is 53.2 Å². The van der Waals surface area contributed by atoms with E-state index in [1.165, 1.54) is 18.4 Å². The molecule has 1 heterocycles. The first-order valence-corrected chi connectivity index (χ1v) is 14.8. The third kappa shape index (κ3) is 4.19. The van der Waals surface area contributed by atoms with Crippen LogP contribution in [-0.2, 0) is 22.6 Å². The lowest BCUT2D eigenvalue weighted by Crippen LogP contribution is -2.62. The van der Waals surface area contributed by atoms with Gasteiger partial charge in [0.25, 0.3) is 5.91 Å². The summed E-state index contributed by atoms with van der Waals surface area (Å²) in [5, 5.41) is 23.3. The lowest BCUT2D eigenvalue weighted by atomic mass is 9.56. The van der Waals surface area contributed by atoms with Gasteiger partial charge in [-0.25, -0.2) is 0 Å². The first-order chi connectivity index (χ1) is 19.9. The number of Topliss-reactive ketones (excluding diaryl/α,β-unsaturated/α-hetero) is 2. The zero-order valence-corrected chi connectivity index (χ0v) is 24.7. The Balaban J connectivity index is 1.45. The van der Waals surface area contributed by atoms with E-state index in [9.17, 15) is 24.6 Å². The van der Waals surface area contributed by atoms with Crippen LogP contribution in [0, 0.1) is 18.8 Å². The van der Waals surface area contributed by atoms with Crippen LogP contribution in [0.4, 0.5) is 0 Å². The molecule has 1 aliphatic heterocycles. The fraction of sp³-hybridized carbons (Fsp3) is 0.441. The molecule has 8 nitrogen and oxygen atoms in total. The molecular formula is C34H39N3O5. The number of primary amides is 1. The summed E-state index contributed by atoms with van der Waals surface area (Å²) < 4.78 is 0. The fourth-order valence-corrected chi connectivity index (χ4v) is 8.04. The molecule has 4 aliphatic rings. The Labute approximate surface area is 246 Å². The molecule has 220 valence electrons. The normalized spacial score (nSPS) is 27.8. The van der Waals surface area contributed by atoms with Crippen LogP contribution in [0.3, 0.4) is 0 Å². The highest BCUT2D eigenvalue weighted by atomic mass is 16.3. The van der Waals surface area contributed by atoms with Gasteiger partial charge in [-0.05, 0) is 106 Å². The van der Waals surface area contributed by atoms with Crippen molar-refractivity contribution in [3.05, 3.63) is 81.1 Å². The first kappa shape index (κ1) is 28.5. The SMILES string of the molecule is CC1=C2C(=O)c3c(C)ccc(-c4ccc(CN5CCCC5)cc4)c3C[C@H]2C[C@H]2C(N(C)C)C(=O)C(C(N)=O)=C(O)[C@@]12O. The lowest BCUT2D eigenvalue weighted by Gasteiger charge is -2.51. The van der Waals surface area contributed by atoms with Crippen LogP contribution in [0.15, 0.2) is 58.9 Å². The summed E-state index contributed by atoms with van der Waals surface area (Å²) in [6.45, 7) is 6.77. The van der Waals surface area contributed by atoms with Gasteiger partial charge in [0.1, 0.15) is 16.9 Å². The highest BCUT2D eigenvalue weighted by Gasteiger charge is 2.60. The maximum Gasteiger partial charge on any atom is 0.255 e. The molecule has 42 heavy (non-hydrogen) atoms. The van der Waals surface area contributed by atoms with Crippen LogP contribution in [0.2, 0.25) is 0 Å². The molecule has 1 fully saturated rings. The number of rotatable bonds is 5. The van der Waals surface area contributed by atoms with Gasteiger partial charge in [0.05, 0.1) is 6.04 Å². The number of nitrogens with two attached hydrogens (primary N) is 1. The Morgan fingerprint density at radius 3 is 2.36 bits per heavy atom. The predicted molar refractivity (Wildman–Crippen MR) is 160 cm³/mol. The number of carbonyl (C=O) groups is 3. The molecule has 1 unspecified atom stereocenters. The van der Waals surface area contributed by atoms with Gasteiger partial charge in [0.15, 0.2) is 11.6 Å². The smallest absolute Gasteiger partial charge is 0.255 e. The molecule has 0 radical (unpaired) electrons. The van der Waals surface area contributed by atoms with Crippen LogP contribution >= 0.6 is 0 Å². The van der Waals surface area contributed by atoms with Gasteiger partial charge >= 0.3 is 0 Å². The van der Waals surface area contributed by atoms with E-state index in [1.54, 1.807) is 25.9 Å². The third-order valence-corrected chi connectivity index (χ3v) is 10.1. The van der Waals surface area contributed by atoms with Gasteiger partial charge in [-0.1, -0.05) is 36.4 Å². The topological polar surface area (TPSA) is 124 Å². The Kier molecular flexibility index (Phi) is 6.99. The molecule has 4 atom stereocenters.